The highest BCUT2D eigenvalue weighted by atomic mass is 32.1. The molecule has 164 valence electrons. The average Bonchev–Trinajstić information content (AvgIpc) is 3.35. The van der Waals surface area contributed by atoms with E-state index in [-0.39, 0.29) is 6.04 Å². The number of rotatable bonds is 6. The molecule has 4 saturated heterocycles. The Kier molecular flexibility index (Phi) is 6.21. The highest BCUT2D eigenvalue weighted by molar-refractivity contribution is 7.80. The van der Waals surface area contributed by atoms with Gasteiger partial charge in [0.05, 0.1) is 11.6 Å². The molecule has 3 N–H and O–H groups in total. The molecule has 6 atom stereocenters. The third-order valence-electron chi connectivity index (χ3n) is 7.51. The zero-order valence-corrected chi connectivity index (χ0v) is 18.9. The highest BCUT2D eigenvalue weighted by Gasteiger charge is 2.43. The largest absolute Gasteiger partial charge is 0.361 e. The quantitative estimate of drug-likeness (QED) is 0.478. The summed E-state index contributed by atoms with van der Waals surface area (Å²) in [7, 11) is 0. The van der Waals surface area contributed by atoms with Crippen molar-refractivity contribution in [1.29, 1.82) is 0 Å². The molecule has 4 fully saturated rings. The summed E-state index contributed by atoms with van der Waals surface area (Å²) in [5.41, 5.74) is 2.34. The van der Waals surface area contributed by atoms with Gasteiger partial charge in [-0.2, -0.15) is 0 Å². The molecular formula is C25H33N5S. The molecule has 4 aliphatic rings. The van der Waals surface area contributed by atoms with E-state index < -0.39 is 0 Å². The molecule has 5 nitrogen and oxygen atoms in total. The number of hydrogen-bond donors (Lipinski definition) is 3. The van der Waals surface area contributed by atoms with E-state index >= 15 is 0 Å². The minimum absolute atomic E-state index is 0.137. The van der Waals surface area contributed by atoms with Crippen LogP contribution in [0.5, 0.6) is 0 Å². The number of fused-ring (bicyclic) bond motifs is 4. The summed E-state index contributed by atoms with van der Waals surface area (Å²) < 4.78 is 0. The van der Waals surface area contributed by atoms with Crippen molar-refractivity contribution in [2.24, 2.45) is 11.8 Å². The normalized spacial score (nSPS) is 30.8. The smallest absolute Gasteiger partial charge is 0.166 e. The number of thiocarbonyl (C=S) groups is 1. The Morgan fingerprint density at radius 3 is 3.00 bits per heavy atom. The van der Waals surface area contributed by atoms with E-state index in [0.717, 1.165) is 36.8 Å². The van der Waals surface area contributed by atoms with Gasteiger partial charge in [0.15, 0.2) is 5.11 Å². The van der Waals surface area contributed by atoms with Crippen LogP contribution in [0.3, 0.4) is 0 Å². The number of para-hydroxylation sites is 1. The molecule has 1 aromatic heterocycles. The summed E-state index contributed by atoms with van der Waals surface area (Å²) in [6.07, 6.45) is 9.02. The molecule has 6 heteroatoms. The van der Waals surface area contributed by atoms with Gasteiger partial charge in [-0.1, -0.05) is 24.3 Å². The molecule has 0 spiro atoms. The number of nitrogens with one attached hydrogen (secondary N) is 3. The predicted molar refractivity (Wildman–Crippen MR) is 131 cm³/mol. The lowest BCUT2D eigenvalue weighted by molar-refractivity contribution is 0.00430. The maximum atomic E-state index is 5.79. The van der Waals surface area contributed by atoms with E-state index in [1.807, 2.05) is 6.20 Å². The molecule has 1 unspecified atom stereocenters. The summed E-state index contributed by atoms with van der Waals surface area (Å²) >= 11 is 5.79. The standard InChI is InChI=1S/C25H33N5S/c1-2-17-16-30-13-10-18(17)14-23(30)24(29-25(31)28-15-19-6-5-11-26-19)21-9-12-27-22-8-4-3-7-20(21)22/h2-4,7-9,12,17-19,23-24,26H,1,5-6,10-11,13-16H2,(H2,28,29,31)/t17-,18-,19+,23-,24-/m0/s1. The van der Waals surface area contributed by atoms with Gasteiger partial charge in [0.2, 0.25) is 0 Å². The first-order valence-electron chi connectivity index (χ1n) is 11.7. The summed E-state index contributed by atoms with van der Waals surface area (Å²) in [6.45, 7) is 8.35. The summed E-state index contributed by atoms with van der Waals surface area (Å²) in [4.78, 5) is 7.25. The third-order valence-corrected chi connectivity index (χ3v) is 7.78. The first-order chi connectivity index (χ1) is 15.2. The van der Waals surface area contributed by atoms with E-state index in [2.05, 4.69) is 68.8 Å². The molecule has 0 amide bonds. The number of pyridine rings is 1. The van der Waals surface area contributed by atoms with Crippen LogP contribution in [0.15, 0.2) is 49.2 Å². The zero-order chi connectivity index (χ0) is 21.2. The average molecular weight is 436 g/mol. The number of piperidine rings is 3. The maximum absolute atomic E-state index is 5.79. The molecule has 31 heavy (non-hydrogen) atoms. The van der Waals surface area contributed by atoms with E-state index in [0.29, 0.717) is 23.9 Å². The Hall–Kier alpha value is -2.02. The van der Waals surface area contributed by atoms with Gasteiger partial charge in [0.25, 0.3) is 0 Å². The summed E-state index contributed by atoms with van der Waals surface area (Å²) in [5, 5.41) is 12.7. The van der Waals surface area contributed by atoms with E-state index in [4.69, 9.17) is 12.2 Å². The van der Waals surface area contributed by atoms with Gasteiger partial charge >= 0.3 is 0 Å². The van der Waals surface area contributed by atoms with Gasteiger partial charge in [0.1, 0.15) is 0 Å². The van der Waals surface area contributed by atoms with Crippen molar-refractivity contribution >= 4 is 28.2 Å². The van der Waals surface area contributed by atoms with Crippen LogP contribution >= 0.6 is 12.2 Å². The number of benzene rings is 1. The van der Waals surface area contributed by atoms with Crippen molar-refractivity contribution < 1.29 is 0 Å². The van der Waals surface area contributed by atoms with Crippen LogP contribution < -0.4 is 16.0 Å². The first kappa shape index (κ1) is 20.9. The topological polar surface area (TPSA) is 52.2 Å². The van der Waals surface area contributed by atoms with Crippen molar-refractivity contribution in [2.45, 2.75) is 43.8 Å². The molecule has 0 saturated carbocycles. The van der Waals surface area contributed by atoms with Crippen LogP contribution in [0.4, 0.5) is 0 Å². The lowest BCUT2D eigenvalue weighted by atomic mass is 9.73. The minimum Gasteiger partial charge on any atom is -0.361 e. The molecule has 5 heterocycles. The molecule has 4 aliphatic heterocycles. The molecule has 6 rings (SSSR count). The fourth-order valence-electron chi connectivity index (χ4n) is 5.83. The van der Waals surface area contributed by atoms with E-state index in [1.165, 1.54) is 36.6 Å². The van der Waals surface area contributed by atoms with Crippen LogP contribution in [0.1, 0.15) is 37.3 Å². The van der Waals surface area contributed by atoms with Gasteiger partial charge in [-0.05, 0) is 80.5 Å². The van der Waals surface area contributed by atoms with Crippen molar-refractivity contribution in [2.75, 3.05) is 26.2 Å². The molecular weight excluding hydrogens is 402 g/mol. The van der Waals surface area contributed by atoms with Crippen LogP contribution in [0.25, 0.3) is 10.9 Å². The predicted octanol–water partition coefficient (Wildman–Crippen LogP) is 3.39. The summed E-state index contributed by atoms with van der Waals surface area (Å²) in [6, 6.07) is 11.7. The van der Waals surface area contributed by atoms with Gasteiger partial charge in [0, 0.05) is 36.8 Å². The number of hydrogen-bond acceptors (Lipinski definition) is 4. The monoisotopic (exact) mass is 435 g/mol. The fraction of sp³-hybridized carbons (Fsp3) is 0.520. The lowest BCUT2D eigenvalue weighted by Crippen LogP contribution is -2.58. The minimum atomic E-state index is 0.137. The van der Waals surface area contributed by atoms with Crippen molar-refractivity contribution in [3.05, 3.63) is 54.7 Å². The second-order valence-corrected chi connectivity index (χ2v) is 9.70. The van der Waals surface area contributed by atoms with Gasteiger partial charge < -0.3 is 16.0 Å². The second-order valence-electron chi connectivity index (χ2n) is 9.29. The third kappa shape index (κ3) is 4.34. The summed E-state index contributed by atoms with van der Waals surface area (Å²) in [5.74, 6) is 1.33. The highest BCUT2D eigenvalue weighted by Crippen LogP contribution is 2.42. The van der Waals surface area contributed by atoms with E-state index in [9.17, 15) is 0 Å². The first-order valence-corrected chi connectivity index (χ1v) is 12.1. The Bertz CT molecular complexity index is 935. The molecule has 2 aromatic rings. The van der Waals surface area contributed by atoms with Gasteiger partial charge in [-0.15, -0.1) is 6.58 Å². The van der Waals surface area contributed by atoms with Crippen LogP contribution in [-0.2, 0) is 0 Å². The Labute approximate surface area is 190 Å². The Morgan fingerprint density at radius 2 is 2.23 bits per heavy atom. The number of aromatic nitrogens is 1. The molecule has 0 aliphatic carbocycles. The van der Waals surface area contributed by atoms with Crippen molar-refractivity contribution in [1.82, 2.24) is 25.8 Å². The molecule has 0 radical (unpaired) electrons. The lowest BCUT2D eigenvalue weighted by Gasteiger charge is -2.52. The zero-order valence-electron chi connectivity index (χ0n) is 18.1. The van der Waals surface area contributed by atoms with Crippen molar-refractivity contribution in [3.8, 4) is 0 Å². The maximum Gasteiger partial charge on any atom is 0.166 e. The van der Waals surface area contributed by atoms with Crippen molar-refractivity contribution in [3.63, 3.8) is 0 Å². The van der Waals surface area contributed by atoms with Crippen LogP contribution in [0, 0.1) is 11.8 Å². The van der Waals surface area contributed by atoms with Gasteiger partial charge in [-0.3, -0.25) is 9.88 Å². The van der Waals surface area contributed by atoms with Gasteiger partial charge in [-0.25, -0.2) is 0 Å². The van der Waals surface area contributed by atoms with Crippen LogP contribution in [0.2, 0.25) is 0 Å². The van der Waals surface area contributed by atoms with Crippen LogP contribution in [-0.4, -0.2) is 53.3 Å². The second kappa shape index (κ2) is 9.23. The SMILES string of the molecule is C=C[C@H]1CN2CC[C@H]1C[C@H]2[C@@H](NC(=S)NC[C@H]1CCCN1)c1ccnc2ccccc12. The fourth-order valence-corrected chi connectivity index (χ4v) is 6.04. The Balaban J connectivity index is 1.41. The Morgan fingerprint density at radius 1 is 1.32 bits per heavy atom. The molecule has 1 aromatic carbocycles. The van der Waals surface area contributed by atoms with E-state index in [1.54, 1.807) is 0 Å². The molecule has 2 bridgehead atoms. The number of nitrogens with zero attached hydrogens (tertiary/aromatic N) is 2.